The van der Waals surface area contributed by atoms with Gasteiger partial charge in [0.15, 0.2) is 0 Å². The molecule has 7 nitrogen and oxygen atoms in total. The van der Waals surface area contributed by atoms with Crippen molar-refractivity contribution in [3.05, 3.63) is 11.9 Å². The van der Waals surface area contributed by atoms with Crippen molar-refractivity contribution >= 4 is 5.91 Å². The molecule has 5 fully saturated rings. The maximum atomic E-state index is 13.0. The molecule has 1 amide bonds. The molecular formula is C22H36N5O2+. The highest BCUT2D eigenvalue weighted by molar-refractivity contribution is 5.79. The van der Waals surface area contributed by atoms with Gasteiger partial charge in [-0.25, -0.2) is 4.68 Å². The van der Waals surface area contributed by atoms with E-state index in [1.165, 1.54) is 50.8 Å². The summed E-state index contributed by atoms with van der Waals surface area (Å²) in [4.78, 5) is 16.7. The normalized spacial score (nSPS) is 33.2. The lowest BCUT2D eigenvalue weighted by Gasteiger charge is -2.47. The fourth-order valence-corrected chi connectivity index (χ4v) is 6.25. The number of nitrogens with one attached hydrogen (secondary N) is 1. The van der Waals surface area contributed by atoms with Crippen molar-refractivity contribution in [2.24, 2.45) is 17.8 Å². The molecule has 5 heterocycles. The molecule has 1 aromatic rings. The Morgan fingerprint density at radius 2 is 2.00 bits per heavy atom. The number of fused-ring (bicyclic) bond motifs is 3. The summed E-state index contributed by atoms with van der Waals surface area (Å²) in [6, 6.07) is 0.576. The van der Waals surface area contributed by atoms with Crippen molar-refractivity contribution in [2.75, 3.05) is 39.4 Å². The second kappa shape index (κ2) is 8.72. The first kappa shape index (κ1) is 19.5. The number of aromatic nitrogens is 3. The standard InChI is InChI=1S/C22H35N5O2/c28-22(25-8-10-29-11-9-25)21-16-26-7-6-18(21)13-20(26)15-27-14-19(23-24-27)12-17-4-2-1-3-5-17/h14,17-18,20-21H,1-13,15-16H2/p+1/t18-,20-,21+/m1/s1. The number of carbonyl (C=O) groups excluding carboxylic acids is 1. The maximum absolute atomic E-state index is 13.0. The molecule has 5 aliphatic rings. The molecule has 0 radical (unpaired) electrons. The highest BCUT2D eigenvalue weighted by atomic mass is 16.5. The monoisotopic (exact) mass is 402 g/mol. The zero-order valence-electron chi connectivity index (χ0n) is 17.6. The van der Waals surface area contributed by atoms with E-state index >= 15 is 0 Å². The highest BCUT2D eigenvalue weighted by Crippen LogP contribution is 2.29. The number of rotatable bonds is 5. The number of hydrogen-bond acceptors (Lipinski definition) is 4. The van der Waals surface area contributed by atoms with Crippen molar-refractivity contribution in [1.82, 2.24) is 19.9 Å². The Morgan fingerprint density at radius 3 is 2.76 bits per heavy atom. The predicted octanol–water partition coefficient (Wildman–Crippen LogP) is 0.553. The smallest absolute Gasteiger partial charge is 0.231 e. The Balaban J connectivity index is 1.16. The van der Waals surface area contributed by atoms with Crippen LogP contribution in [-0.2, 0) is 22.5 Å². The molecule has 1 aromatic heterocycles. The van der Waals surface area contributed by atoms with Crippen LogP contribution in [0.5, 0.6) is 0 Å². The Morgan fingerprint density at radius 1 is 1.17 bits per heavy atom. The molecule has 2 bridgehead atoms. The van der Waals surface area contributed by atoms with E-state index in [1.54, 1.807) is 4.90 Å². The minimum absolute atomic E-state index is 0.214. The van der Waals surface area contributed by atoms with Crippen molar-refractivity contribution in [2.45, 2.75) is 64.0 Å². The molecule has 7 heteroatoms. The molecule has 1 N–H and O–H groups in total. The summed E-state index contributed by atoms with van der Waals surface area (Å²) in [6.45, 7) is 6.06. The zero-order chi connectivity index (χ0) is 19.6. The second-order valence-electron chi connectivity index (χ2n) is 9.78. The number of ether oxygens (including phenoxy) is 1. The average molecular weight is 403 g/mol. The topological polar surface area (TPSA) is 64.7 Å². The molecule has 29 heavy (non-hydrogen) atoms. The fourth-order valence-electron chi connectivity index (χ4n) is 6.25. The van der Waals surface area contributed by atoms with E-state index in [-0.39, 0.29) is 5.92 Å². The number of nitrogens with zero attached hydrogens (tertiary/aromatic N) is 4. The molecule has 6 rings (SSSR count). The first-order chi connectivity index (χ1) is 14.3. The van der Waals surface area contributed by atoms with Crippen LogP contribution >= 0.6 is 0 Å². The average Bonchev–Trinajstić information content (AvgIpc) is 3.21. The van der Waals surface area contributed by atoms with Gasteiger partial charge in [-0.15, -0.1) is 5.10 Å². The molecule has 0 spiro atoms. The van der Waals surface area contributed by atoms with Crippen LogP contribution in [0.2, 0.25) is 0 Å². The molecule has 1 saturated carbocycles. The summed E-state index contributed by atoms with van der Waals surface area (Å²) >= 11 is 0. The van der Waals surface area contributed by atoms with Gasteiger partial charge in [-0.1, -0.05) is 37.3 Å². The number of carbonyl (C=O) groups is 1. The minimum atomic E-state index is 0.214. The fraction of sp³-hybridized carbons (Fsp3) is 0.864. The lowest BCUT2D eigenvalue weighted by molar-refractivity contribution is -0.945. The molecule has 160 valence electrons. The van der Waals surface area contributed by atoms with Crippen LogP contribution in [0.15, 0.2) is 6.20 Å². The Labute approximate surface area is 173 Å². The van der Waals surface area contributed by atoms with Crippen LogP contribution in [-0.4, -0.2) is 71.2 Å². The molecule has 4 atom stereocenters. The van der Waals surface area contributed by atoms with Gasteiger partial charge in [0.25, 0.3) is 0 Å². The van der Waals surface area contributed by atoms with E-state index in [0.29, 0.717) is 31.1 Å². The summed E-state index contributed by atoms with van der Waals surface area (Å²) in [6.07, 6.45) is 12.5. The van der Waals surface area contributed by atoms with E-state index in [1.807, 2.05) is 4.90 Å². The molecule has 1 unspecified atom stereocenters. The molecule has 0 aromatic carbocycles. The number of quaternary nitrogens is 1. The van der Waals surface area contributed by atoms with Gasteiger partial charge < -0.3 is 14.5 Å². The summed E-state index contributed by atoms with van der Waals surface area (Å²) in [5.41, 5.74) is 1.17. The second-order valence-corrected chi connectivity index (χ2v) is 9.78. The van der Waals surface area contributed by atoms with Gasteiger partial charge in [0.05, 0.1) is 44.5 Å². The molecular weight excluding hydrogens is 366 g/mol. The van der Waals surface area contributed by atoms with Crippen LogP contribution in [0.3, 0.4) is 0 Å². The minimum Gasteiger partial charge on any atom is -0.378 e. The number of piperidine rings is 3. The van der Waals surface area contributed by atoms with Gasteiger partial charge >= 0.3 is 0 Å². The summed E-state index contributed by atoms with van der Waals surface area (Å²) in [7, 11) is 0. The molecule has 1 aliphatic carbocycles. The van der Waals surface area contributed by atoms with Gasteiger partial charge in [0.2, 0.25) is 5.91 Å². The van der Waals surface area contributed by atoms with Gasteiger partial charge in [-0.3, -0.25) is 4.79 Å². The third-order valence-corrected chi connectivity index (χ3v) is 7.91. The third kappa shape index (κ3) is 4.36. The van der Waals surface area contributed by atoms with Crippen molar-refractivity contribution in [3.63, 3.8) is 0 Å². The van der Waals surface area contributed by atoms with Crippen molar-refractivity contribution < 1.29 is 14.4 Å². The number of amides is 1. The third-order valence-electron chi connectivity index (χ3n) is 7.91. The maximum Gasteiger partial charge on any atom is 0.231 e. The number of morpholine rings is 1. The lowest BCUT2D eigenvalue weighted by atomic mass is 9.75. The van der Waals surface area contributed by atoms with E-state index in [0.717, 1.165) is 44.9 Å². The molecule has 4 aliphatic heterocycles. The van der Waals surface area contributed by atoms with Gasteiger partial charge in [-0.05, 0) is 18.3 Å². The Bertz CT molecular complexity index is 695. The quantitative estimate of drug-likeness (QED) is 0.781. The predicted molar refractivity (Wildman–Crippen MR) is 108 cm³/mol. The van der Waals surface area contributed by atoms with Crippen LogP contribution in [0.25, 0.3) is 0 Å². The summed E-state index contributed by atoms with van der Waals surface area (Å²) < 4.78 is 7.50. The van der Waals surface area contributed by atoms with E-state index in [4.69, 9.17) is 4.74 Å². The Hall–Kier alpha value is -1.47. The zero-order valence-corrected chi connectivity index (χ0v) is 17.6. The molecule has 4 saturated heterocycles. The summed E-state index contributed by atoms with van der Waals surface area (Å²) in [5.74, 6) is 1.94. The summed E-state index contributed by atoms with van der Waals surface area (Å²) in [5, 5.41) is 8.92. The van der Waals surface area contributed by atoms with Crippen LogP contribution in [0.4, 0.5) is 0 Å². The van der Waals surface area contributed by atoms with Gasteiger partial charge in [0.1, 0.15) is 6.04 Å². The SMILES string of the molecule is O=C([C@H]1C[NH+]2CC[C@@H]1C[C@@H]2Cn1cc(CC2CCCCC2)nn1)N1CCOCC1. The van der Waals surface area contributed by atoms with E-state index < -0.39 is 0 Å². The van der Waals surface area contributed by atoms with Crippen LogP contribution in [0, 0.1) is 17.8 Å². The largest absolute Gasteiger partial charge is 0.378 e. The van der Waals surface area contributed by atoms with Crippen molar-refractivity contribution in [1.29, 1.82) is 0 Å². The first-order valence-corrected chi connectivity index (χ1v) is 11.9. The van der Waals surface area contributed by atoms with E-state index in [2.05, 4.69) is 21.2 Å². The number of hydrogen-bond donors (Lipinski definition) is 1. The van der Waals surface area contributed by atoms with E-state index in [9.17, 15) is 4.79 Å². The van der Waals surface area contributed by atoms with Crippen LogP contribution in [0.1, 0.15) is 50.6 Å². The van der Waals surface area contributed by atoms with Gasteiger partial charge in [0, 0.05) is 32.1 Å². The highest BCUT2D eigenvalue weighted by Gasteiger charge is 2.47. The lowest BCUT2D eigenvalue weighted by Crippen LogP contribution is -3.20. The first-order valence-electron chi connectivity index (χ1n) is 11.9. The van der Waals surface area contributed by atoms with Crippen LogP contribution < -0.4 is 4.90 Å². The van der Waals surface area contributed by atoms with Crippen molar-refractivity contribution in [3.8, 4) is 0 Å². The van der Waals surface area contributed by atoms with Gasteiger partial charge in [-0.2, -0.15) is 0 Å². The Kier molecular flexibility index (Phi) is 5.86.